The molecule has 130 valence electrons. The number of nitrogens with zero attached hydrogens (tertiary/aromatic N) is 1. The molecule has 0 bridgehead atoms. The van der Waals surface area contributed by atoms with Gasteiger partial charge in [-0.1, -0.05) is 18.2 Å². The molecule has 0 aliphatic carbocycles. The third-order valence-corrected chi connectivity index (χ3v) is 4.65. The number of alkyl halides is 3. The molecule has 1 fully saturated rings. The first-order valence-electron chi connectivity index (χ1n) is 7.31. The van der Waals surface area contributed by atoms with E-state index in [4.69, 9.17) is 0 Å². The third kappa shape index (κ3) is 3.48. The van der Waals surface area contributed by atoms with Gasteiger partial charge in [-0.25, -0.2) is 4.90 Å². The number of nitrogens with one attached hydrogen (secondary N) is 1. The molecule has 1 saturated heterocycles. The second-order valence-electron chi connectivity index (χ2n) is 5.44. The van der Waals surface area contributed by atoms with E-state index >= 15 is 0 Å². The standard InChI is InChI=1S/C17H13F3N2O2S/c1-10-4-2-3-5-13(10)22-15(23)14(25-16(22)24)21-12-8-6-11(7-9-12)17(18,19)20/h2-9,14,21H,1H3. The van der Waals surface area contributed by atoms with Crippen molar-refractivity contribution < 1.29 is 22.8 Å². The van der Waals surface area contributed by atoms with Gasteiger partial charge in [0, 0.05) is 5.69 Å². The zero-order valence-electron chi connectivity index (χ0n) is 13.0. The SMILES string of the molecule is Cc1ccccc1N1C(=O)SC(Nc2ccc(C(F)(F)F)cc2)C1=O. The molecule has 1 heterocycles. The van der Waals surface area contributed by atoms with Crippen LogP contribution in [0.15, 0.2) is 48.5 Å². The van der Waals surface area contributed by atoms with E-state index in [1.165, 1.54) is 12.1 Å². The molecule has 2 aromatic carbocycles. The Morgan fingerprint density at radius 2 is 1.68 bits per heavy atom. The van der Waals surface area contributed by atoms with E-state index in [0.717, 1.165) is 34.4 Å². The summed E-state index contributed by atoms with van der Waals surface area (Å²) in [6, 6.07) is 11.3. The van der Waals surface area contributed by atoms with E-state index in [0.29, 0.717) is 11.4 Å². The summed E-state index contributed by atoms with van der Waals surface area (Å²) in [4.78, 5) is 25.8. The lowest BCUT2D eigenvalue weighted by Crippen LogP contribution is -2.34. The number of thioether (sulfide) groups is 1. The Kier molecular flexibility index (Phi) is 4.47. The summed E-state index contributed by atoms with van der Waals surface area (Å²) < 4.78 is 37.8. The Bertz CT molecular complexity index is 821. The van der Waals surface area contributed by atoms with E-state index in [1.807, 2.05) is 0 Å². The number of halogens is 3. The average molecular weight is 366 g/mol. The van der Waals surface area contributed by atoms with Crippen LogP contribution in [0.3, 0.4) is 0 Å². The number of para-hydroxylation sites is 1. The van der Waals surface area contributed by atoms with E-state index in [2.05, 4.69) is 5.32 Å². The minimum atomic E-state index is -4.42. The molecule has 3 rings (SSSR count). The number of benzene rings is 2. The van der Waals surface area contributed by atoms with Crippen molar-refractivity contribution in [2.75, 3.05) is 10.2 Å². The van der Waals surface area contributed by atoms with Crippen molar-refractivity contribution in [3.05, 3.63) is 59.7 Å². The fourth-order valence-corrected chi connectivity index (χ4v) is 3.34. The molecule has 1 aliphatic rings. The largest absolute Gasteiger partial charge is 0.416 e. The summed E-state index contributed by atoms with van der Waals surface area (Å²) in [5, 5.41) is 1.49. The predicted molar refractivity (Wildman–Crippen MR) is 90.5 cm³/mol. The molecular weight excluding hydrogens is 353 g/mol. The topological polar surface area (TPSA) is 49.4 Å². The molecule has 25 heavy (non-hydrogen) atoms. The lowest BCUT2D eigenvalue weighted by Gasteiger charge is -2.17. The molecule has 0 radical (unpaired) electrons. The number of anilines is 2. The van der Waals surface area contributed by atoms with Crippen molar-refractivity contribution in [1.82, 2.24) is 0 Å². The number of aryl methyl sites for hydroxylation is 1. The highest BCUT2D eigenvalue weighted by Gasteiger charge is 2.41. The van der Waals surface area contributed by atoms with Gasteiger partial charge >= 0.3 is 6.18 Å². The number of carbonyl (C=O) groups excluding carboxylic acids is 2. The molecule has 0 saturated carbocycles. The summed E-state index contributed by atoms with van der Waals surface area (Å²) in [7, 11) is 0. The summed E-state index contributed by atoms with van der Waals surface area (Å²) >= 11 is 0.794. The van der Waals surface area contributed by atoms with Gasteiger partial charge < -0.3 is 5.32 Å². The first kappa shape index (κ1) is 17.3. The van der Waals surface area contributed by atoms with Gasteiger partial charge in [-0.05, 0) is 54.6 Å². The smallest absolute Gasteiger partial charge is 0.365 e. The summed E-state index contributed by atoms with van der Waals surface area (Å²) in [6.45, 7) is 1.79. The zero-order valence-corrected chi connectivity index (χ0v) is 13.8. The quantitative estimate of drug-likeness (QED) is 0.859. The van der Waals surface area contributed by atoms with Crippen LogP contribution in [-0.4, -0.2) is 16.5 Å². The Morgan fingerprint density at radius 3 is 2.28 bits per heavy atom. The number of hydrogen-bond donors (Lipinski definition) is 1. The van der Waals surface area contributed by atoms with Crippen molar-refractivity contribution in [2.24, 2.45) is 0 Å². The zero-order chi connectivity index (χ0) is 18.2. The monoisotopic (exact) mass is 366 g/mol. The minimum Gasteiger partial charge on any atom is -0.365 e. The van der Waals surface area contributed by atoms with E-state index in [1.54, 1.807) is 31.2 Å². The summed E-state index contributed by atoms with van der Waals surface area (Å²) in [5.74, 6) is -0.454. The first-order valence-corrected chi connectivity index (χ1v) is 8.19. The second-order valence-corrected chi connectivity index (χ2v) is 6.50. The summed E-state index contributed by atoms with van der Waals surface area (Å²) in [6.07, 6.45) is -4.42. The van der Waals surface area contributed by atoms with Crippen molar-refractivity contribution in [3.8, 4) is 0 Å². The van der Waals surface area contributed by atoms with Crippen LogP contribution in [0.5, 0.6) is 0 Å². The van der Waals surface area contributed by atoms with Crippen LogP contribution in [0.1, 0.15) is 11.1 Å². The maximum absolute atomic E-state index is 12.6. The fraction of sp³-hybridized carbons (Fsp3) is 0.176. The number of rotatable bonds is 3. The Labute approximate surface area is 146 Å². The molecule has 0 aromatic heterocycles. The second kappa shape index (κ2) is 6.44. The highest BCUT2D eigenvalue weighted by Crippen LogP contribution is 2.35. The lowest BCUT2D eigenvalue weighted by molar-refractivity contribution is -0.137. The maximum Gasteiger partial charge on any atom is 0.416 e. The number of hydrogen-bond acceptors (Lipinski definition) is 4. The van der Waals surface area contributed by atoms with Crippen molar-refractivity contribution in [1.29, 1.82) is 0 Å². The van der Waals surface area contributed by atoms with Gasteiger partial charge in [0.15, 0.2) is 5.37 Å². The predicted octanol–water partition coefficient (Wildman–Crippen LogP) is 4.65. The van der Waals surface area contributed by atoms with Gasteiger partial charge in [0.2, 0.25) is 0 Å². The van der Waals surface area contributed by atoms with Gasteiger partial charge in [-0.3, -0.25) is 9.59 Å². The molecule has 2 aromatic rings. The van der Waals surface area contributed by atoms with Crippen LogP contribution in [0.25, 0.3) is 0 Å². The lowest BCUT2D eigenvalue weighted by atomic mass is 10.2. The van der Waals surface area contributed by atoms with Gasteiger partial charge in [0.25, 0.3) is 11.1 Å². The van der Waals surface area contributed by atoms with Crippen molar-refractivity contribution >= 4 is 34.3 Å². The Balaban J connectivity index is 1.78. The van der Waals surface area contributed by atoms with E-state index in [9.17, 15) is 22.8 Å². The normalized spacial score (nSPS) is 17.9. The molecule has 1 atom stereocenters. The molecule has 2 amide bonds. The minimum absolute atomic E-state index is 0.332. The highest BCUT2D eigenvalue weighted by atomic mass is 32.2. The van der Waals surface area contributed by atoms with Crippen LogP contribution >= 0.6 is 11.8 Å². The van der Waals surface area contributed by atoms with Gasteiger partial charge in [-0.2, -0.15) is 13.2 Å². The number of amides is 2. The van der Waals surface area contributed by atoms with Crippen LogP contribution in [0.2, 0.25) is 0 Å². The molecule has 0 spiro atoms. The van der Waals surface area contributed by atoms with Gasteiger partial charge in [0.1, 0.15) is 0 Å². The van der Waals surface area contributed by atoms with E-state index < -0.39 is 28.3 Å². The van der Waals surface area contributed by atoms with Crippen LogP contribution in [0.4, 0.5) is 29.3 Å². The molecular formula is C17H13F3N2O2S. The molecule has 8 heteroatoms. The highest BCUT2D eigenvalue weighted by molar-refractivity contribution is 8.16. The number of imide groups is 1. The average Bonchev–Trinajstić information content (AvgIpc) is 2.82. The van der Waals surface area contributed by atoms with E-state index in [-0.39, 0.29) is 0 Å². The first-order chi connectivity index (χ1) is 11.8. The molecule has 1 N–H and O–H groups in total. The Morgan fingerprint density at radius 1 is 1.04 bits per heavy atom. The Hall–Kier alpha value is -2.48. The van der Waals surface area contributed by atoms with Crippen molar-refractivity contribution in [2.45, 2.75) is 18.5 Å². The van der Waals surface area contributed by atoms with Crippen LogP contribution < -0.4 is 10.2 Å². The van der Waals surface area contributed by atoms with Gasteiger partial charge in [-0.15, -0.1) is 0 Å². The third-order valence-electron chi connectivity index (χ3n) is 3.71. The van der Waals surface area contributed by atoms with Crippen LogP contribution in [-0.2, 0) is 11.0 Å². The number of carbonyl (C=O) groups is 2. The molecule has 4 nitrogen and oxygen atoms in total. The summed E-state index contributed by atoms with van der Waals surface area (Å²) in [5.41, 5.74) is 0.834. The fourth-order valence-electron chi connectivity index (χ4n) is 2.44. The van der Waals surface area contributed by atoms with Gasteiger partial charge in [0.05, 0.1) is 11.3 Å². The molecule has 1 unspecified atom stereocenters. The van der Waals surface area contributed by atoms with Crippen molar-refractivity contribution in [3.63, 3.8) is 0 Å². The maximum atomic E-state index is 12.6. The van der Waals surface area contributed by atoms with Crippen LogP contribution in [0, 0.1) is 6.92 Å². The molecule has 1 aliphatic heterocycles.